The number of nitrogens with zero attached hydrogens (tertiary/aromatic N) is 2. The average Bonchev–Trinajstić information content (AvgIpc) is 2.63. The van der Waals surface area contributed by atoms with E-state index < -0.39 is 0 Å². The summed E-state index contributed by atoms with van der Waals surface area (Å²) in [5, 5.41) is 3.48. The predicted molar refractivity (Wildman–Crippen MR) is 80.1 cm³/mol. The summed E-state index contributed by atoms with van der Waals surface area (Å²) >= 11 is 0. The largest absolute Gasteiger partial charge is 0.316 e. The van der Waals surface area contributed by atoms with Gasteiger partial charge < -0.3 is 10.2 Å². The molecule has 1 aliphatic rings. The Morgan fingerprint density at radius 3 is 2.50 bits per heavy atom. The van der Waals surface area contributed by atoms with Crippen molar-refractivity contribution in [2.45, 2.75) is 52.1 Å². The van der Waals surface area contributed by atoms with Crippen LogP contribution in [0.5, 0.6) is 0 Å². The van der Waals surface area contributed by atoms with E-state index in [-0.39, 0.29) is 0 Å². The van der Waals surface area contributed by atoms with E-state index in [1.165, 1.54) is 38.9 Å². The summed E-state index contributed by atoms with van der Waals surface area (Å²) in [6, 6.07) is 1.38. The minimum atomic E-state index is 0.353. The van der Waals surface area contributed by atoms with E-state index in [9.17, 15) is 0 Å². The van der Waals surface area contributed by atoms with E-state index in [1.807, 2.05) is 0 Å². The van der Waals surface area contributed by atoms with Gasteiger partial charge in [-0.15, -0.1) is 0 Å². The summed E-state index contributed by atoms with van der Waals surface area (Å²) in [6.45, 7) is 10.7. The van der Waals surface area contributed by atoms with Gasteiger partial charge in [0.15, 0.2) is 0 Å². The quantitative estimate of drug-likeness (QED) is 0.783. The lowest BCUT2D eigenvalue weighted by Crippen LogP contribution is -2.43. The summed E-state index contributed by atoms with van der Waals surface area (Å²) in [6.07, 6.45) is 4.00. The van der Waals surface area contributed by atoms with Crippen molar-refractivity contribution in [3.8, 4) is 0 Å². The standard InChI is InChI=1S/C15H33N3/c1-15(2,3)14(16-4)9-11-18-10-7-8-13(18)12-17(5)6/h13-14,16H,7-12H2,1-6H3. The van der Waals surface area contributed by atoms with Gasteiger partial charge in [0.2, 0.25) is 0 Å². The first kappa shape index (κ1) is 15.9. The molecule has 0 spiro atoms. The third-order valence-corrected chi connectivity index (χ3v) is 4.17. The number of hydrogen-bond donors (Lipinski definition) is 1. The number of rotatable bonds is 6. The minimum Gasteiger partial charge on any atom is -0.316 e. The Morgan fingerprint density at radius 2 is 2.00 bits per heavy atom. The fraction of sp³-hybridized carbons (Fsp3) is 1.00. The molecule has 0 bridgehead atoms. The van der Waals surface area contributed by atoms with Crippen LogP contribution < -0.4 is 5.32 Å². The van der Waals surface area contributed by atoms with Gasteiger partial charge in [-0.1, -0.05) is 20.8 Å². The molecule has 0 amide bonds. The van der Waals surface area contributed by atoms with Crippen LogP contribution in [-0.2, 0) is 0 Å². The molecule has 2 atom stereocenters. The second kappa shape index (κ2) is 6.88. The Morgan fingerprint density at radius 1 is 1.33 bits per heavy atom. The summed E-state index contributed by atoms with van der Waals surface area (Å²) < 4.78 is 0. The minimum absolute atomic E-state index is 0.353. The van der Waals surface area contributed by atoms with Gasteiger partial charge in [0.1, 0.15) is 0 Å². The first-order valence-corrected chi connectivity index (χ1v) is 7.40. The maximum atomic E-state index is 3.48. The lowest BCUT2D eigenvalue weighted by Gasteiger charge is -2.33. The van der Waals surface area contributed by atoms with E-state index in [0.717, 1.165) is 6.04 Å². The van der Waals surface area contributed by atoms with Crippen molar-refractivity contribution in [2.75, 3.05) is 40.8 Å². The highest BCUT2D eigenvalue weighted by Crippen LogP contribution is 2.24. The molecule has 108 valence electrons. The van der Waals surface area contributed by atoms with Gasteiger partial charge >= 0.3 is 0 Å². The Balaban J connectivity index is 2.41. The van der Waals surface area contributed by atoms with Crippen LogP contribution in [0, 0.1) is 5.41 Å². The molecule has 0 aliphatic carbocycles. The molecule has 2 unspecified atom stereocenters. The first-order valence-electron chi connectivity index (χ1n) is 7.40. The normalized spacial score (nSPS) is 23.8. The zero-order valence-electron chi connectivity index (χ0n) is 13.3. The molecule has 0 aromatic carbocycles. The fourth-order valence-corrected chi connectivity index (χ4v) is 3.12. The second-order valence-corrected chi connectivity index (χ2v) is 7.09. The molecule has 1 heterocycles. The molecule has 1 rings (SSSR count). The summed E-state index contributed by atoms with van der Waals surface area (Å²) in [4.78, 5) is 5.01. The Bertz CT molecular complexity index is 232. The lowest BCUT2D eigenvalue weighted by atomic mass is 9.85. The first-order chi connectivity index (χ1) is 8.34. The average molecular weight is 255 g/mol. The number of nitrogens with one attached hydrogen (secondary N) is 1. The van der Waals surface area contributed by atoms with Gasteiger partial charge in [0.05, 0.1) is 0 Å². The number of likely N-dealkylation sites (N-methyl/N-ethyl adjacent to an activating group) is 1. The topological polar surface area (TPSA) is 18.5 Å². The number of likely N-dealkylation sites (tertiary alicyclic amines) is 1. The fourth-order valence-electron chi connectivity index (χ4n) is 3.12. The Labute approximate surface area is 114 Å². The van der Waals surface area contributed by atoms with Crippen molar-refractivity contribution in [1.29, 1.82) is 0 Å². The highest BCUT2D eigenvalue weighted by atomic mass is 15.2. The molecule has 0 radical (unpaired) electrons. The van der Waals surface area contributed by atoms with Crippen LogP contribution in [0.3, 0.4) is 0 Å². The molecule has 18 heavy (non-hydrogen) atoms. The van der Waals surface area contributed by atoms with E-state index in [2.05, 4.69) is 57.0 Å². The highest BCUT2D eigenvalue weighted by molar-refractivity contribution is 4.85. The molecule has 3 nitrogen and oxygen atoms in total. The molecular weight excluding hydrogens is 222 g/mol. The van der Waals surface area contributed by atoms with Crippen molar-refractivity contribution in [3.63, 3.8) is 0 Å². The van der Waals surface area contributed by atoms with Crippen molar-refractivity contribution < 1.29 is 0 Å². The van der Waals surface area contributed by atoms with Crippen LogP contribution in [0.2, 0.25) is 0 Å². The smallest absolute Gasteiger partial charge is 0.0223 e. The van der Waals surface area contributed by atoms with Gasteiger partial charge in [-0.25, -0.2) is 0 Å². The lowest BCUT2D eigenvalue weighted by molar-refractivity contribution is 0.178. The Kier molecular flexibility index (Phi) is 6.09. The Hall–Kier alpha value is -0.120. The van der Waals surface area contributed by atoms with E-state index in [0.29, 0.717) is 11.5 Å². The molecule has 1 fully saturated rings. The summed E-state index contributed by atoms with van der Waals surface area (Å²) in [5.74, 6) is 0. The molecule has 0 aromatic heterocycles. The molecule has 1 N–H and O–H groups in total. The van der Waals surface area contributed by atoms with Gasteiger partial charge in [-0.05, 0) is 58.9 Å². The number of hydrogen-bond acceptors (Lipinski definition) is 3. The van der Waals surface area contributed by atoms with Crippen molar-refractivity contribution in [2.24, 2.45) is 5.41 Å². The maximum Gasteiger partial charge on any atom is 0.0223 e. The SMILES string of the molecule is CNC(CCN1CCCC1CN(C)C)C(C)(C)C. The monoisotopic (exact) mass is 255 g/mol. The molecular formula is C15H33N3. The molecule has 1 aliphatic heterocycles. The summed E-state index contributed by atoms with van der Waals surface area (Å²) in [5.41, 5.74) is 0.353. The van der Waals surface area contributed by atoms with Crippen molar-refractivity contribution in [1.82, 2.24) is 15.1 Å². The molecule has 0 aromatic rings. The van der Waals surface area contributed by atoms with Crippen molar-refractivity contribution >= 4 is 0 Å². The third-order valence-electron chi connectivity index (χ3n) is 4.17. The van der Waals surface area contributed by atoms with E-state index >= 15 is 0 Å². The zero-order chi connectivity index (χ0) is 13.8. The van der Waals surface area contributed by atoms with E-state index in [4.69, 9.17) is 0 Å². The van der Waals surface area contributed by atoms with Crippen LogP contribution in [0.15, 0.2) is 0 Å². The van der Waals surface area contributed by atoms with E-state index in [1.54, 1.807) is 0 Å². The van der Waals surface area contributed by atoms with Crippen LogP contribution in [0.1, 0.15) is 40.0 Å². The van der Waals surface area contributed by atoms with Gasteiger partial charge in [-0.2, -0.15) is 0 Å². The third kappa shape index (κ3) is 4.87. The zero-order valence-corrected chi connectivity index (χ0v) is 13.3. The van der Waals surface area contributed by atoms with Gasteiger partial charge in [0.25, 0.3) is 0 Å². The van der Waals surface area contributed by atoms with Crippen LogP contribution >= 0.6 is 0 Å². The second-order valence-electron chi connectivity index (χ2n) is 7.09. The summed E-state index contributed by atoms with van der Waals surface area (Å²) in [7, 11) is 6.46. The van der Waals surface area contributed by atoms with Crippen molar-refractivity contribution in [3.05, 3.63) is 0 Å². The highest BCUT2D eigenvalue weighted by Gasteiger charge is 2.28. The molecule has 3 heteroatoms. The maximum absolute atomic E-state index is 3.48. The van der Waals surface area contributed by atoms with Crippen LogP contribution in [-0.4, -0.2) is 62.7 Å². The van der Waals surface area contributed by atoms with Crippen LogP contribution in [0.4, 0.5) is 0 Å². The van der Waals surface area contributed by atoms with Crippen LogP contribution in [0.25, 0.3) is 0 Å². The van der Waals surface area contributed by atoms with Gasteiger partial charge in [0, 0.05) is 18.6 Å². The molecule has 0 saturated carbocycles. The van der Waals surface area contributed by atoms with Gasteiger partial charge in [-0.3, -0.25) is 4.90 Å². The molecule has 1 saturated heterocycles. The predicted octanol–water partition coefficient (Wildman–Crippen LogP) is 2.04.